The maximum Gasteiger partial charge on any atom is 0.255 e. The molecular weight excluding hydrogens is 472 g/mol. The maximum absolute atomic E-state index is 14.8. The Labute approximate surface area is 206 Å². The van der Waals surface area contributed by atoms with Crippen LogP contribution in [0.4, 0.5) is 8.78 Å². The third-order valence-electron chi connectivity index (χ3n) is 6.51. The summed E-state index contributed by atoms with van der Waals surface area (Å²) in [4.78, 5) is 19.8. The van der Waals surface area contributed by atoms with E-state index in [-0.39, 0.29) is 22.9 Å². The number of halogens is 3. The molecule has 35 heavy (non-hydrogen) atoms. The Morgan fingerprint density at radius 3 is 2.49 bits per heavy atom. The summed E-state index contributed by atoms with van der Waals surface area (Å²) < 4.78 is 36.2. The first-order chi connectivity index (χ1) is 16.7. The van der Waals surface area contributed by atoms with Gasteiger partial charge in [-0.1, -0.05) is 11.6 Å². The van der Waals surface area contributed by atoms with Gasteiger partial charge in [-0.05, 0) is 81.7 Å². The molecule has 0 bridgehead atoms. The van der Waals surface area contributed by atoms with Crippen LogP contribution in [0, 0.1) is 25.5 Å². The Morgan fingerprint density at radius 2 is 1.83 bits per heavy atom. The van der Waals surface area contributed by atoms with Crippen molar-refractivity contribution in [3.8, 4) is 28.3 Å². The second-order valence-corrected chi connectivity index (χ2v) is 9.44. The molecule has 1 aliphatic heterocycles. The average Bonchev–Trinajstić information content (AvgIpc) is 3.40. The topological polar surface area (TPSA) is 51.3 Å². The minimum atomic E-state index is -0.744. The zero-order chi connectivity index (χ0) is 24.9. The molecule has 2 aromatic heterocycles. The van der Waals surface area contributed by atoms with E-state index in [2.05, 4.69) is 4.90 Å². The Balaban J connectivity index is 1.72. The second-order valence-electron chi connectivity index (χ2n) is 9.01. The number of hydrogen-bond donors (Lipinski definition) is 0. The van der Waals surface area contributed by atoms with Gasteiger partial charge < -0.3 is 4.42 Å². The number of benzene rings is 2. The first kappa shape index (κ1) is 23.5. The average molecular weight is 496 g/mol. The van der Waals surface area contributed by atoms with Gasteiger partial charge in [0, 0.05) is 28.9 Å². The minimum absolute atomic E-state index is 0.0438. The van der Waals surface area contributed by atoms with Gasteiger partial charge in [0.15, 0.2) is 5.76 Å². The molecule has 0 spiro atoms. The van der Waals surface area contributed by atoms with Gasteiger partial charge in [0.25, 0.3) is 5.56 Å². The number of rotatable bonds is 4. The lowest BCUT2D eigenvalue weighted by molar-refractivity contribution is 0.269. The van der Waals surface area contributed by atoms with E-state index in [1.807, 2.05) is 20.9 Å². The summed E-state index contributed by atoms with van der Waals surface area (Å²) in [6, 6.07) is 10.0. The van der Waals surface area contributed by atoms with Crippen LogP contribution in [0.25, 0.3) is 28.3 Å². The van der Waals surface area contributed by atoms with Crippen molar-refractivity contribution in [1.82, 2.24) is 14.5 Å². The van der Waals surface area contributed by atoms with Crippen LogP contribution >= 0.6 is 11.6 Å². The van der Waals surface area contributed by atoms with Gasteiger partial charge in [-0.3, -0.25) is 14.3 Å². The van der Waals surface area contributed by atoms with Crippen LogP contribution in [0.5, 0.6) is 0 Å². The predicted molar refractivity (Wildman–Crippen MR) is 132 cm³/mol. The summed E-state index contributed by atoms with van der Waals surface area (Å²) in [5, 5.41) is 0.587. The van der Waals surface area contributed by atoms with Crippen LogP contribution < -0.4 is 5.56 Å². The second kappa shape index (κ2) is 9.06. The van der Waals surface area contributed by atoms with E-state index in [4.69, 9.17) is 21.0 Å². The monoisotopic (exact) mass is 495 g/mol. The Hall–Kier alpha value is -3.29. The fourth-order valence-electron chi connectivity index (χ4n) is 4.84. The molecule has 3 heterocycles. The molecule has 8 heteroatoms. The van der Waals surface area contributed by atoms with Crippen molar-refractivity contribution in [3.63, 3.8) is 0 Å². The van der Waals surface area contributed by atoms with E-state index in [9.17, 15) is 13.6 Å². The molecule has 0 unspecified atom stereocenters. The zero-order valence-electron chi connectivity index (χ0n) is 19.6. The van der Waals surface area contributed by atoms with Crippen LogP contribution in [-0.4, -0.2) is 28.0 Å². The molecule has 0 aliphatic carbocycles. The highest BCUT2D eigenvalue weighted by Gasteiger charge is 2.30. The lowest BCUT2D eigenvalue weighted by atomic mass is 10.1. The van der Waals surface area contributed by atoms with E-state index in [1.165, 1.54) is 22.8 Å². The Kier molecular flexibility index (Phi) is 6.07. The number of pyridine rings is 1. The first-order valence-corrected chi connectivity index (χ1v) is 11.8. The Bertz CT molecular complexity index is 1470. The van der Waals surface area contributed by atoms with Crippen LogP contribution in [0.2, 0.25) is 5.02 Å². The molecular formula is C27H24ClF2N3O2. The summed E-state index contributed by atoms with van der Waals surface area (Å²) in [7, 11) is 1.99. The van der Waals surface area contributed by atoms with Gasteiger partial charge in [0.2, 0.25) is 5.89 Å². The zero-order valence-corrected chi connectivity index (χ0v) is 20.4. The van der Waals surface area contributed by atoms with Gasteiger partial charge in [-0.2, -0.15) is 0 Å². The van der Waals surface area contributed by atoms with Gasteiger partial charge >= 0.3 is 0 Å². The van der Waals surface area contributed by atoms with Crippen molar-refractivity contribution in [2.45, 2.75) is 32.7 Å². The minimum Gasteiger partial charge on any atom is -0.438 e. The highest BCUT2D eigenvalue weighted by molar-refractivity contribution is 6.30. The van der Waals surface area contributed by atoms with Crippen molar-refractivity contribution in [1.29, 1.82) is 0 Å². The SMILES string of the molecule is Cc1cc(Cl)cc(C)c1-n1cc(-c2nc([C@@H]3CCCN3C)oc2-c2ccc(F)cc2F)ccc1=O. The number of aromatic nitrogens is 2. The van der Waals surface area contributed by atoms with Gasteiger partial charge in [0.1, 0.15) is 17.3 Å². The van der Waals surface area contributed by atoms with Crippen LogP contribution in [-0.2, 0) is 0 Å². The quantitative estimate of drug-likeness (QED) is 0.325. The third-order valence-corrected chi connectivity index (χ3v) is 6.72. The first-order valence-electron chi connectivity index (χ1n) is 11.4. The number of likely N-dealkylation sites (tertiary alicyclic amines) is 1. The van der Waals surface area contributed by atoms with Gasteiger partial charge in [0.05, 0.1) is 17.3 Å². The Morgan fingerprint density at radius 1 is 1.09 bits per heavy atom. The van der Waals surface area contributed by atoms with Crippen molar-refractivity contribution < 1.29 is 13.2 Å². The van der Waals surface area contributed by atoms with Crippen LogP contribution in [0.3, 0.4) is 0 Å². The molecule has 1 atom stereocenters. The van der Waals surface area contributed by atoms with Gasteiger partial charge in [-0.15, -0.1) is 0 Å². The molecule has 0 amide bonds. The molecule has 180 valence electrons. The predicted octanol–water partition coefficient (Wildman–Crippen LogP) is 6.47. The number of nitrogens with zero attached hydrogens (tertiary/aromatic N) is 3. The molecule has 1 saturated heterocycles. The molecule has 0 saturated carbocycles. The lowest BCUT2D eigenvalue weighted by Gasteiger charge is -2.15. The van der Waals surface area contributed by atoms with Crippen LogP contribution in [0.1, 0.15) is 35.9 Å². The van der Waals surface area contributed by atoms with Crippen LogP contribution in [0.15, 0.2) is 57.9 Å². The molecule has 0 radical (unpaired) electrons. The standard InChI is InChI=1S/C27H24ClF2N3O2/c1-15-11-18(28)12-16(2)25(15)33-14-17(6-9-23(33)34)24-26(20-8-7-19(29)13-21(20)30)35-27(31-24)22-5-4-10-32(22)3/h6-9,11-14,22H,4-5,10H2,1-3H3/t22-/m0/s1. The third kappa shape index (κ3) is 4.30. The normalized spacial score (nSPS) is 16.2. The molecule has 0 N–H and O–H groups in total. The molecule has 4 aromatic rings. The smallest absolute Gasteiger partial charge is 0.255 e. The number of hydrogen-bond acceptors (Lipinski definition) is 4. The number of aryl methyl sites for hydroxylation is 2. The van der Waals surface area contributed by atoms with E-state index < -0.39 is 11.6 Å². The molecule has 5 nitrogen and oxygen atoms in total. The summed E-state index contributed by atoms with van der Waals surface area (Å²) in [6.45, 7) is 4.68. The van der Waals surface area contributed by atoms with Crippen molar-refractivity contribution >= 4 is 11.6 Å². The largest absolute Gasteiger partial charge is 0.438 e. The van der Waals surface area contributed by atoms with Crippen molar-refractivity contribution in [2.24, 2.45) is 0 Å². The lowest BCUT2D eigenvalue weighted by Crippen LogP contribution is -2.19. The molecule has 1 fully saturated rings. The molecule has 5 rings (SSSR count). The number of oxazole rings is 1. The highest BCUT2D eigenvalue weighted by atomic mass is 35.5. The van der Waals surface area contributed by atoms with E-state index in [0.29, 0.717) is 22.2 Å². The fourth-order valence-corrected chi connectivity index (χ4v) is 5.17. The maximum atomic E-state index is 14.8. The van der Waals surface area contributed by atoms with E-state index in [1.54, 1.807) is 24.4 Å². The summed E-state index contributed by atoms with van der Waals surface area (Å²) in [6.07, 6.45) is 3.54. The van der Waals surface area contributed by atoms with Crippen molar-refractivity contribution in [2.75, 3.05) is 13.6 Å². The molecule has 2 aromatic carbocycles. The highest BCUT2D eigenvalue weighted by Crippen LogP contribution is 2.39. The fraction of sp³-hybridized carbons (Fsp3) is 0.259. The summed E-state index contributed by atoms with van der Waals surface area (Å²) in [5.74, 6) is -0.750. The van der Waals surface area contributed by atoms with Crippen molar-refractivity contribution in [3.05, 3.63) is 92.7 Å². The molecule has 1 aliphatic rings. The summed E-state index contributed by atoms with van der Waals surface area (Å²) in [5.41, 5.74) is 3.25. The van der Waals surface area contributed by atoms with E-state index >= 15 is 0 Å². The summed E-state index contributed by atoms with van der Waals surface area (Å²) >= 11 is 6.19. The van der Waals surface area contributed by atoms with E-state index in [0.717, 1.165) is 42.3 Å². The van der Waals surface area contributed by atoms with Gasteiger partial charge in [-0.25, -0.2) is 13.8 Å².